The molecule has 1 aromatic rings. The van der Waals surface area contributed by atoms with E-state index in [1.807, 2.05) is 0 Å². The van der Waals surface area contributed by atoms with Crippen LogP contribution in [0.25, 0.3) is 0 Å². The van der Waals surface area contributed by atoms with E-state index in [-0.39, 0.29) is 10.3 Å². The number of aromatic amines is 2. The van der Waals surface area contributed by atoms with Crippen LogP contribution in [-0.2, 0) is 0 Å². The van der Waals surface area contributed by atoms with E-state index >= 15 is 0 Å². The summed E-state index contributed by atoms with van der Waals surface area (Å²) in [5.74, 6) is 0. The molecule has 0 aliphatic heterocycles. The zero-order valence-electron chi connectivity index (χ0n) is 3.84. The van der Waals surface area contributed by atoms with Gasteiger partial charge in [0.2, 0.25) is 0 Å². The van der Waals surface area contributed by atoms with Gasteiger partial charge in [0.1, 0.15) is 6.20 Å². The Morgan fingerprint density at radius 2 is 2.50 bits per heavy atom. The molecule has 1 aromatic heterocycles. The summed E-state index contributed by atoms with van der Waals surface area (Å²) < 4.78 is 0.248. The Morgan fingerprint density at radius 1 is 1.75 bits per heavy atom. The van der Waals surface area contributed by atoms with Crippen LogP contribution in [0.1, 0.15) is 0 Å². The Bertz CT molecular complexity index is 249. The van der Waals surface area contributed by atoms with Crippen LogP contribution in [-0.4, -0.2) is 15.2 Å². The topological polar surface area (TPSA) is 61.5 Å². The van der Waals surface area contributed by atoms with E-state index in [9.17, 15) is 4.79 Å². The molecule has 0 aliphatic carbocycles. The predicted octanol–water partition coefficient (Wildman–Crippen LogP) is -0.173. The normalized spacial score (nSPS) is 9.00. The number of aromatic nitrogens is 3. The highest BCUT2D eigenvalue weighted by molar-refractivity contribution is 7.71. The van der Waals surface area contributed by atoms with Gasteiger partial charge in [-0.2, -0.15) is 5.10 Å². The first-order chi connectivity index (χ1) is 3.79. The maximum atomic E-state index is 10.3. The minimum Gasteiger partial charge on any atom is -0.297 e. The van der Waals surface area contributed by atoms with Crippen LogP contribution < -0.4 is 5.56 Å². The van der Waals surface area contributed by atoms with Gasteiger partial charge in [-0.15, -0.1) is 0 Å². The SMILES string of the molecule is O=c1cn[nH]c(=S)[nH]1. The molecule has 0 aliphatic rings. The van der Waals surface area contributed by atoms with Gasteiger partial charge in [-0.3, -0.25) is 14.9 Å². The molecule has 0 radical (unpaired) electrons. The van der Waals surface area contributed by atoms with Crippen LogP contribution in [0.5, 0.6) is 0 Å². The molecule has 1 rings (SSSR count). The average molecular weight is 129 g/mol. The van der Waals surface area contributed by atoms with Gasteiger partial charge in [0, 0.05) is 0 Å². The molecule has 0 fully saturated rings. The molecular weight excluding hydrogens is 126 g/mol. The summed E-state index contributed by atoms with van der Waals surface area (Å²) in [6.07, 6.45) is 1.12. The molecular formula is C3H3N3OS. The molecule has 0 saturated heterocycles. The molecule has 0 bridgehead atoms. The summed E-state index contributed by atoms with van der Waals surface area (Å²) in [5, 5.41) is 5.79. The molecule has 0 atom stereocenters. The van der Waals surface area contributed by atoms with Crippen molar-refractivity contribution in [2.45, 2.75) is 0 Å². The minimum absolute atomic E-state index is 0.248. The van der Waals surface area contributed by atoms with Gasteiger partial charge in [0.05, 0.1) is 0 Å². The van der Waals surface area contributed by atoms with E-state index in [2.05, 4.69) is 27.4 Å². The van der Waals surface area contributed by atoms with Gasteiger partial charge in [0.25, 0.3) is 5.56 Å². The van der Waals surface area contributed by atoms with Crippen molar-refractivity contribution >= 4 is 12.2 Å². The van der Waals surface area contributed by atoms with E-state index < -0.39 is 0 Å². The first kappa shape index (κ1) is 5.17. The van der Waals surface area contributed by atoms with Gasteiger partial charge >= 0.3 is 0 Å². The Kier molecular flexibility index (Phi) is 1.21. The fourth-order valence-corrected chi connectivity index (χ4v) is 0.475. The van der Waals surface area contributed by atoms with Crippen LogP contribution in [0.4, 0.5) is 0 Å². The predicted molar refractivity (Wildman–Crippen MR) is 30.0 cm³/mol. The number of hydrogen-bond donors (Lipinski definition) is 2. The largest absolute Gasteiger partial charge is 0.297 e. The van der Waals surface area contributed by atoms with Crippen molar-refractivity contribution in [1.82, 2.24) is 15.2 Å². The van der Waals surface area contributed by atoms with Gasteiger partial charge in [-0.25, -0.2) is 0 Å². The van der Waals surface area contributed by atoms with E-state index in [1.54, 1.807) is 0 Å². The summed E-state index contributed by atoms with van der Waals surface area (Å²) in [7, 11) is 0. The maximum Gasteiger partial charge on any atom is 0.270 e. The van der Waals surface area contributed by atoms with Crippen molar-refractivity contribution in [3.8, 4) is 0 Å². The van der Waals surface area contributed by atoms with Gasteiger partial charge in [-0.1, -0.05) is 0 Å². The monoisotopic (exact) mass is 129 g/mol. The van der Waals surface area contributed by atoms with E-state index in [0.29, 0.717) is 0 Å². The molecule has 0 aromatic carbocycles. The van der Waals surface area contributed by atoms with Crippen LogP contribution in [0, 0.1) is 4.77 Å². The summed E-state index contributed by atoms with van der Waals surface area (Å²) in [6, 6.07) is 0. The Balaban J connectivity index is 3.50. The fourth-order valence-electron chi connectivity index (χ4n) is 0.322. The van der Waals surface area contributed by atoms with Crippen LogP contribution >= 0.6 is 12.2 Å². The maximum absolute atomic E-state index is 10.3. The number of H-pyrrole nitrogens is 2. The first-order valence-electron chi connectivity index (χ1n) is 1.93. The number of nitrogens with zero attached hydrogens (tertiary/aromatic N) is 1. The molecule has 1 heterocycles. The number of rotatable bonds is 0. The van der Waals surface area contributed by atoms with Crippen molar-refractivity contribution in [2.75, 3.05) is 0 Å². The molecule has 42 valence electrons. The Morgan fingerprint density at radius 3 is 2.88 bits per heavy atom. The van der Waals surface area contributed by atoms with Crippen molar-refractivity contribution in [3.63, 3.8) is 0 Å². The third kappa shape index (κ3) is 1.00. The Labute approximate surface area is 49.6 Å². The van der Waals surface area contributed by atoms with Crippen molar-refractivity contribution < 1.29 is 0 Å². The lowest BCUT2D eigenvalue weighted by atomic mass is 10.9. The summed E-state index contributed by atoms with van der Waals surface area (Å²) in [4.78, 5) is 12.6. The van der Waals surface area contributed by atoms with Gasteiger partial charge < -0.3 is 0 Å². The zero-order valence-corrected chi connectivity index (χ0v) is 4.66. The van der Waals surface area contributed by atoms with Crippen molar-refractivity contribution in [2.24, 2.45) is 0 Å². The van der Waals surface area contributed by atoms with Crippen molar-refractivity contribution in [3.05, 3.63) is 21.3 Å². The molecule has 8 heavy (non-hydrogen) atoms. The number of hydrogen-bond acceptors (Lipinski definition) is 3. The molecule has 5 heteroatoms. The second-order valence-electron chi connectivity index (χ2n) is 1.19. The smallest absolute Gasteiger partial charge is 0.270 e. The minimum atomic E-state index is -0.284. The first-order valence-corrected chi connectivity index (χ1v) is 2.34. The van der Waals surface area contributed by atoms with Crippen LogP contribution in [0.2, 0.25) is 0 Å². The quantitative estimate of drug-likeness (QED) is 0.478. The Hall–Kier alpha value is -0.970. The lowest BCUT2D eigenvalue weighted by Gasteiger charge is -1.77. The second-order valence-corrected chi connectivity index (χ2v) is 1.60. The molecule has 0 amide bonds. The summed E-state index contributed by atoms with van der Waals surface area (Å²) in [6.45, 7) is 0. The highest BCUT2D eigenvalue weighted by atomic mass is 32.1. The third-order valence-corrected chi connectivity index (χ3v) is 0.778. The molecule has 0 unspecified atom stereocenters. The summed E-state index contributed by atoms with van der Waals surface area (Å²) in [5.41, 5.74) is -0.284. The second kappa shape index (κ2) is 1.87. The molecule has 2 N–H and O–H groups in total. The highest BCUT2D eigenvalue weighted by Gasteiger charge is 1.76. The third-order valence-electron chi connectivity index (χ3n) is 0.585. The lowest BCUT2D eigenvalue weighted by Crippen LogP contribution is -2.05. The van der Waals surface area contributed by atoms with Gasteiger partial charge in [0.15, 0.2) is 4.77 Å². The average Bonchev–Trinajstić information content (AvgIpc) is 1.64. The zero-order chi connectivity index (χ0) is 5.98. The fraction of sp³-hybridized carbons (Fsp3) is 0. The van der Waals surface area contributed by atoms with E-state index in [4.69, 9.17) is 0 Å². The summed E-state index contributed by atoms with van der Waals surface area (Å²) >= 11 is 4.53. The van der Waals surface area contributed by atoms with Crippen molar-refractivity contribution in [1.29, 1.82) is 0 Å². The van der Waals surface area contributed by atoms with E-state index in [0.717, 1.165) is 6.20 Å². The standard InChI is InChI=1S/C3H3N3OS/c7-2-1-4-6-3(8)5-2/h1H,(H2,5,6,7,8). The molecule has 4 nitrogen and oxygen atoms in total. The van der Waals surface area contributed by atoms with Gasteiger partial charge in [-0.05, 0) is 12.2 Å². The lowest BCUT2D eigenvalue weighted by molar-refractivity contribution is 0.923. The van der Waals surface area contributed by atoms with Crippen LogP contribution in [0.15, 0.2) is 11.0 Å². The molecule has 0 saturated carbocycles. The van der Waals surface area contributed by atoms with E-state index in [1.165, 1.54) is 0 Å². The van der Waals surface area contributed by atoms with Crippen LogP contribution in [0.3, 0.4) is 0 Å². The molecule has 0 spiro atoms. The highest BCUT2D eigenvalue weighted by Crippen LogP contribution is 1.61. The number of nitrogens with one attached hydrogen (secondary N) is 2.